The van der Waals surface area contributed by atoms with Crippen LogP contribution in [0.5, 0.6) is 0 Å². The Morgan fingerprint density at radius 1 is 1.17 bits per heavy atom. The third kappa shape index (κ3) is 3.98. The number of nitrogens with one attached hydrogen (secondary N) is 1. The zero-order valence-corrected chi connectivity index (χ0v) is 12.0. The number of hydrogen-bond donors (Lipinski definition) is 1. The average Bonchev–Trinajstić information content (AvgIpc) is 2.48. The first-order valence-electron chi connectivity index (χ1n) is 6.11. The third-order valence-electron chi connectivity index (χ3n) is 2.86. The van der Waals surface area contributed by atoms with Crippen molar-refractivity contribution in [1.29, 1.82) is 0 Å². The molecule has 23 heavy (non-hydrogen) atoms. The van der Waals surface area contributed by atoms with Gasteiger partial charge in [-0.05, 0) is 24.3 Å². The van der Waals surface area contributed by atoms with Crippen molar-refractivity contribution in [3.8, 4) is 0 Å². The Kier molecular flexibility index (Phi) is 4.55. The zero-order chi connectivity index (χ0) is 17.2. The number of nitro groups is 1. The third-order valence-corrected chi connectivity index (χ3v) is 3.18. The van der Waals surface area contributed by atoms with Crippen LogP contribution in [-0.2, 0) is 6.18 Å². The van der Waals surface area contributed by atoms with Gasteiger partial charge >= 0.3 is 6.18 Å². The van der Waals surface area contributed by atoms with Gasteiger partial charge in [0.2, 0.25) is 0 Å². The number of carbonyl (C=O) groups is 1. The number of non-ortho nitro benzene ring substituents is 1. The lowest BCUT2D eigenvalue weighted by atomic mass is 10.1. The molecule has 0 bridgehead atoms. The van der Waals surface area contributed by atoms with Gasteiger partial charge < -0.3 is 5.32 Å². The maximum absolute atomic E-state index is 12.5. The van der Waals surface area contributed by atoms with Crippen molar-refractivity contribution in [2.75, 3.05) is 5.32 Å². The van der Waals surface area contributed by atoms with Crippen LogP contribution in [0, 0.1) is 10.1 Å². The van der Waals surface area contributed by atoms with Gasteiger partial charge in [0, 0.05) is 17.7 Å². The second kappa shape index (κ2) is 6.25. The van der Waals surface area contributed by atoms with E-state index in [1.807, 2.05) is 0 Å². The zero-order valence-electron chi connectivity index (χ0n) is 11.2. The lowest BCUT2D eigenvalue weighted by Crippen LogP contribution is -2.13. The Morgan fingerprint density at radius 3 is 2.43 bits per heavy atom. The van der Waals surface area contributed by atoms with Gasteiger partial charge in [-0.15, -0.1) is 0 Å². The van der Waals surface area contributed by atoms with Gasteiger partial charge in [0.25, 0.3) is 11.6 Å². The van der Waals surface area contributed by atoms with Crippen LogP contribution < -0.4 is 5.32 Å². The minimum atomic E-state index is -4.55. The summed E-state index contributed by atoms with van der Waals surface area (Å²) >= 11 is 5.73. The number of rotatable bonds is 3. The second-order valence-corrected chi connectivity index (χ2v) is 4.86. The Hall–Kier alpha value is -2.61. The minimum Gasteiger partial charge on any atom is -0.321 e. The Bertz CT molecular complexity index is 778. The highest BCUT2D eigenvalue weighted by atomic mass is 35.5. The van der Waals surface area contributed by atoms with E-state index in [0.717, 1.165) is 18.2 Å². The standard InChI is InChI=1S/C14H8ClF3N2O3/c15-11-7-9(14(16,17)18)4-5-12(11)19-13(21)8-2-1-3-10(6-8)20(22)23/h1-7H,(H,19,21). The van der Waals surface area contributed by atoms with Crippen molar-refractivity contribution >= 4 is 28.9 Å². The molecule has 2 aromatic rings. The van der Waals surface area contributed by atoms with E-state index in [0.29, 0.717) is 6.07 Å². The van der Waals surface area contributed by atoms with Crippen LogP contribution in [0.25, 0.3) is 0 Å². The molecule has 2 rings (SSSR count). The summed E-state index contributed by atoms with van der Waals surface area (Å²) in [6, 6.07) is 7.39. The normalized spacial score (nSPS) is 11.1. The highest BCUT2D eigenvalue weighted by molar-refractivity contribution is 6.34. The Morgan fingerprint density at radius 2 is 1.87 bits per heavy atom. The summed E-state index contributed by atoms with van der Waals surface area (Å²) in [5.74, 6) is -0.727. The second-order valence-electron chi connectivity index (χ2n) is 4.45. The lowest BCUT2D eigenvalue weighted by Gasteiger charge is -2.11. The van der Waals surface area contributed by atoms with E-state index in [4.69, 9.17) is 11.6 Å². The van der Waals surface area contributed by atoms with Crippen LogP contribution in [0.4, 0.5) is 24.5 Å². The molecular formula is C14H8ClF3N2O3. The highest BCUT2D eigenvalue weighted by Gasteiger charge is 2.31. The number of benzene rings is 2. The van der Waals surface area contributed by atoms with Crippen LogP contribution in [0.1, 0.15) is 15.9 Å². The summed E-state index contributed by atoms with van der Waals surface area (Å²) in [7, 11) is 0. The van der Waals surface area contributed by atoms with Gasteiger partial charge in [-0.1, -0.05) is 17.7 Å². The first-order valence-corrected chi connectivity index (χ1v) is 6.49. The number of halogens is 4. The molecule has 1 N–H and O–H groups in total. The molecule has 120 valence electrons. The van der Waals surface area contributed by atoms with E-state index in [1.54, 1.807) is 0 Å². The lowest BCUT2D eigenvalue weighted by molar-refractivity contribution is -0.384. The Balaban J connectivity index is 2.24. The molecule has 0 saturated heterocycles. The SMILES string of the molecule is O=C(Nc1ccc(C(F)(F)F)cc1Cl)c1cccc([N+](=O)[O-])c1. The van der Waals surface area contributed by atoms with Crippen LogP contribution in [0.2, 0.25) is 5.02 Å². The van der Waals surface area contributed by atoms with Gasteiger partial charge in [0.15, 0.2) is 0 Å². The molecule has 0 aliphatic heterocycles. The maximum Gasteiger partial charge on any atom is 0.416 e. The molecule has 9 heteroatoms. The average molecular weight is 345 g/mol. The number of hydrogen-bond acceptors (Lipinski definition) is 3. The summed E-state index contributed by atoms with van der Waals surface area (Å²) in [6.45, 7) is 0. The van der Waals surface area contributed by atoms with Gasteiger partial charge in [0.1, 0.15) is 0 Å². The first-order chi connectivity index (χ1) is 10.7. The quantitative estimate of drug-likeness (QED) is 0.657. The van der Waals surface area contributed by atoms with Gasteiger partial charge in [-0.3, -0.25) is 14.9 Å². The molecule has 0 atom stereocenters. The topological polar surface area (TPSA) is 72.2 Å². The van der Waals surface area contributed by atoms with E-state index >= 15 is 0 Å². The number of alkyl halides is 3. The molecule has 0 saturated carbocycles. The van der Waals surface area contributed by atoms with E-state index in [-0.39, 0.29) is 22.0 Å². The van der Waals surface area contributed by atoms with Crippen LogP contribution in [0.3, 0.4) is 0 Å². The molecule has 0 fully saturated rings. The molecule has 2 aromatic carbocycles. The summed E-state index contributed by atoms with van der Waals surface area (Å²) < 4.78 is 37.6. The molecule has 0 unspecified atom stereocenters. The summed E-state index contributed by atoms with van der Waals surface area (Å²) in [6.07, 6.45) is -4.55. The van der Waals surface area contributed by atoms with Crippen LogP contribution >= 0.6 is 11.6 Å². The fourth-order valence-electron chi connectivity index (χ4n) is 1.75. The van der Waals surface area contributed by atoms with Crippen molar-refractivity contribution in [3.63, 3.8) is 0 Å². The molecular weight excluding hydrogens is 337 g/mol. The van der Waals surface area contributed by atoms with Crippen molar-refractivity contribution < 1.29 is 22.9 Å². The summed E-state index contributed by atoms with van der Waals surface area (Å²) in [4.78, 5) is 22.0. The molecule has 0 heterocycles. The predicted molar refractivity (Wildman–Crippen MR) is 77.5 cm³/mol. The van der Waals surface area contributed by atoms with Crippen molar-refractivity contribution in [2.45, 2.75) is 6.18 Å². The molecule has 0 aliphatic carbocycles. The number of nitro benzene ring substituents is 1. The van der Waals surface area contributed by atoms with Crippen LogP contribution in [0.15, 0.2) is 42.5 Å². The van der Waals surface area contributed by atoms with Crippen molar-refractivity contribution in [2.24, 2.45) is 0 Å². The fourth-order valence-corrected chi connectivity index (χ4v) is 1.98. The molecule has 0 radical (unpaired) electrons. The van der Waals surface area contributed by atoms with E-state index in [1.165, 1.54) is 18.2 Å². The van der Waals surface area contributed by atoms with Crippen LogP contribution in [-0.4, -0.2) is 10.8 Å². The number of carbonyl (C=O) groups excluding carboxylic acids is 1. The molecule has 0 aromatic heterocycles. The maximum atomic E-state index is 12.5. The number of nitrogens with zero attached hydrogens (tertiary/aromatic N) is 1. The number of amides is 1. The highest BCUT2D eigenvalue weighted by Crippen LogP contribution is 2.33. The van der Waals surface area contributed by atoms with Gasteiger partial charge in [-0.2, -0.15) is 13.2 Å². The largest absolute Gasteiger partial charge is 0.416 e. The van der Waals surface area contributed by atoms with Gasteiger partial charge in [0.05, 0.1) is 21.2 Å². The Labute approximate surface area is 132 Å². The van der Waals surface area contributed by atoms with Crippen molar-refractivity contribution in [1.82, 2.24) is 0 Å². The number of anilines is 1. The summed E-state index contributed by atoms with van der Waals surface area (Å²) in [5.41, 5.74) is -1.28. The molecule has 5 nitrogen and oxygen atoms in total. The minimum absolute atomic E-state index is 0.0184. The fraction of sp³-hybridized carbons (Fsp3) is 0.0714. The van der Waals surface area contributed by atoms with E-state index in [2.05, 4.69) is 5.32 Å². The monoisotopic (exact) mass is 344 g/mol. The van der Waals surface area contributed by atoms with E-state index < -0.39 is 22.6 Å². The molecule has 1 amide bonds. The van der Waals surface area contributed by atoms with E-state index in [9.17, 15) is 28.1 Å². The van der Waals surface area contributed by atoms with Crippen molar-refractivity contribution in [3.05, 3.63) is 68.7 Å². The molecule has 0 aliphatic rings. The predicted octanol–water partition coefficient (Wildman–Crippen LogP) is 4.52. The van der Waals surface area contributed by atoms with Gasteiger partial charge in [-0.25, -0.2) is 0 Å². The molecule has 0 spiro atoms. The summed E-state index contributed by atoms with van der Waals surface area (Å²) in [5, 5.41) is 12.7. The smallest absolute Gasteiger partial charge is 0.321 e. The first kappa shape index (κ1) is 16.8.